The van der Waals surface area contributed by atoms with E-state index in [1.807, 2.05) is 0 Å². The van der Waals surface area contributed by atoms with Crippen LogP contribution in [-0.2, 0) is 4.79 Å². The number of hydrogen-bond acceptors (Lipinski definition) is 2. The van der Waals surface area contributed by atoms with Gasteiger partial charge < -0.3 is 10.2 Å². The van der Waals surface area contributed by atoms with Gasteiger partial charge in [-0.3, -0.25) is 4.79 Å². The average Bonchev–Trinajstić information content (AvgIpc) is 2.89. The average molecular weight is 252 g/mol. The van der Waals surface area contributed by atoms with E-state index in [4.69, 9.17) is 0 Å². The molecule has 1 aliphatic carbocycles. The summed E-state index contributed by atoms with van der Waals surface area (Å²) in [7, 11) is 0. The summed E-state index contributed by atoms with van der Waals surface area (Å²) in [5.74, 6) is 0.952. The van der Waals surface area contributed by atoms with E-state index in [1.54, 1.807) is 0 Å². The molecule has 1 saturated heterocycles. The van der Waals surface area contributed by atoms with E-state index in [0.717, 1.165) is 25.9 Å². The Hall–Kier alpha value is -0.570. The molecule has 2 fully saturated rings. The highest BCUT2D eigenvalue weighted by atomic mass is 16.1. The number of likely N-dealkylation sites (tertiary alicyclic amines) is 1. The van der Waals surface area contributed by atoms with Crippen molar-refractivity contribution in [1.29, 1.82) is 0 Å². The molecule has 1 aliphatic heterocycles. The van der Waals surface area contributed by atoms with Gasteiger partial charge in [0.2, 0.25) is 5.91 Å². The van der Waals surface area contributed by atoms with Crippen LogP contribution in [0.1, 0.15) is 57.8 Å². The van der Waals surface area contributed by atoms with Crippen molar-refractivity contribution in [3.63, 3.8) is 0 Å². The number of amides is 1. The first-order chi connectivity index (χ1) is 8.84. The second-order valence-corrected chi connectivity index (χ2v) is 5.96. The number of nitrogens with one attached hydrogen (secondary N) is 1. The lowest BCUT2D eigenvalue weighted by molar-refractivity contribution is -0.122. The van der Waals surface area contributed by atoms with Crippen LogP contribution in [0.15, 0.2) is 0 Å². The number of nitrogens with zero attached hydrogens (tertiary/aromatic N) is 1. The van der Waals surface area contributed by atoms with Gasteiger partial charge in [-0.2, -0.15) is 0 Å². The predicted octanol–water partition coefficient (Wildman–Crippen LogP) is 2.56. The van der Waals surface area contributed by atoms with Crippen molar-refractivity contribution in [3.8, 4) is 0 Å². The maximum Gasteiger partial charge on any atom is 0.220 e. The molecule has 1 heterocycles. The van der Waals surface area contributed by atoms with E-state index in [-0.39, 0.29) is 5.91 Å². The molecule has 1 amide bonds. The Balaban J connectivity index is 1.47. The molecule has 0 aromatic carbocycles. The van der Waals surface area contributed by atoms with Gasteiger partial charge in [0, 0.05) is 13.0 Å². The third-order valence-electron chi connectivity index (χ3n) is 4.37. The van der Waals surface area contributed by atoms with Crippen molar-refractivity contribution in [2.75, 3.05) is 26.2 Å². The third kappa shape index (κ3) is 4.97. The van der Waals surface area contributed by atoms with Crippen molar-refractivity contribution < 1.29 is 4.79 Å². The molecule has 3 heteroatoms. The Bertz CT molecular complexity index is 243. The van der Waals surface area contributed by atoms with Crippen molar-refractivity contribution in [2.45, 2.75) is 57.8 Å². The first-order valence-corrected chi connectivity index (χ1v) is 7.83. The number of carbonyl (C=O) groups is 1. The Morgan fingerprint density at radius 3 is 2.50 bits per heavy atom. The summed E-state index contributed by atoms with van der Waals surface area (Å²) in [6.45, 7) is 4.54. The summed E-state index contributed by atoms with van der Waals surface area (Å²) < 4.78 is 0. The number of piperidine rings is 1. The van der Waals surface area contributed by atoms with Gasteiger partial charge in [0.15, 0.2) is 0 Å². The molecule has 0 unspecified atom stereocenters. The van der Waals surface area contributed by atoms with Gasteiger partial charge in [0.25, 0.3) is 0 Å². The van der Waals surface area contributed by atoms with Crippen molar-refractivity contribution in [3.05, 3.63) is 0 Å². The number of hydrogen-bond donors (Lipinski definition) is 1. The highest BCUT2D eigenvalue weighted by molar-refractivity contribution is 5.76. The van der Waals surface area contributed by atoms with E-state index in [9.17, 15) is 4.79 Å². The van der Waals surface area contributed by atoms with Crippen LogP contribution in [0.4, 0.5) is 0 Å². The topological polar surface area (TPSA) is 32.3 Å². The van der Waals surface area contributed by atoms with Crippen LogP contribution in [0.3, 0.4) is 0 Å². The summed E-state index contributed by atoms with van der Waals surface area (Å²) in [5.41, 5.74) is 0. The van der Waals surface area contributed by atoms with Gasteiger partial charge in [0.05, 0.1) is 0 Å². The second kappa shape index (κ2) is 7.78. The molecule has 1 saturated carbocycles. The van der Waals surface area contributed by atoms with E-state index >= 15 is 0 Å². The number of rotatable bonds is 6. The first kappa shape index (κ1) is 13.9. The van der Waals surface area contributed by atoms with Crippen molar-refractivity contribution in [1.82, 2.24) is 10.2 Å². The molecule has 18 heavy (non-hydrogen) atoms. The summed E-state index contributed by atoms with van der Waals surface area (Å²) in [6.07, 6.45) is 11.2. The van der Waals surface area contributed by atoms with E-state index in [0.29, 0.717) is 5.92 Å². The van der Waals surface area contributed by atoms with Crippen LogP contribution in [0, 0.1) is 5.92 Å². The van der Waals surface area contributed by atoms with Crippen LogP contribution < -0.4 is 5.32 Å². The second-order valence-electron chi connectivity index (χ2n) is 5.96. The molecule has 0 aromatic heterocycles. The maximum absolute atomic E-state index is 11.7. The summed E-state index contributed by atoms with van der Waals surface area (Å²) in [4.78, 5) is 14.3. The zero-order valence-corrected chi connectivity index (χ0v) is 11.6. The van der Waals surface area contributed by atoms with Crippen LogP contribution >= 0.6 is 0 Å². The molecule has 0 spiro atoms. The summed E-state index contributed by atoms with van der Waals surface area (Å²) in [5, 5.41) is 3.08. The lowest BCUT2D eigenvalue weighted by Gasteiger charge is -2.26. The molecule has 2 rings (SSSR count). The third-order valence-corrected chi connectivity index (χ3v) is 4.37. The molecule has 3 nitrogen and oxygen atoms in total. The molecule has 0 aromatic rings. The van der Waals surface area contributed by atoms with Crippen molar-refractivity contribution >= 4 is 5.91 Å². The zero-order valence-electron chi connectivity index (χ0n) is 11.6. The molecule has 0 bridgehead atoms. The van der Waals surface area contributed by atoms with Gasteiger partial charge >= 0.3 is 0 Å². The van der Waals surface area contributed by atoms with Crippen molar-refractivity contribution in [2.24, 2.45) is 5.92 Å². The SMILES string of the molecule is O=C(CC1CCCC1)NCCCN1CCCCC1. The lowest BCUT2D eigenvalue weighted by Crippen LogP contribution is -2.33. The molecular formula is C15H28N2O. The Labute approximate surface area is 111 Å². The fourth-order valence-electron chi connectivity index (χ4n) is 3.26. The van der Waals surface area contributed by atoms with Gasteiger partial charge in [-0.1, -0.05) is 19.3 Å². The van der Waals surface area contributed by atoms with Gasteiger partial charge in [-0.15, -0.1) is 0 Å². The van der Waals surface area contributed by atoms with Gasteiger partial charge in [-0.05, 0) is 57.7 Å². The van der Waals surface area contributed by atoms with E-state index in [2.05, 4.69) is 10.2 Å². The minimum absolute atomic E-state index is 0.278. The van der Waals surface area contributed by atoms with Crippen LogP contribution in [-0.4, -0.2) is 37.0 Å². The minimum Gasteiger partial charge on any atom is -0.356 e. The molecule has 2 aliphatic rings. The first-order valence-electron chi connectivity index (χ1n) is 7.83. The van der Waals surface area contributed by atoms with E-state index < -0.39 is 0 Å². The molecule has 1 N–H and O–H groups in total. The summed E-state index contributed by atoms with van der Waals surface area (Å²) >= 11 is 0. The fourth-order valence-corrected chi connectivity index (χ4v) is 3.26. The molecule has 0 atom stereocenters. The highest BCUT2D eigenvalue weighted by Crippen LogP contribution is 2.27. The summed E-state index contributed by atoms with van der Waals surface area (Å²) in [6, 6.07) is 0. The quantitative estimate of drug-likeness (QED) is 0.737. The monoisotopic (exact) mass is 252 g/mol. The smallest absolute Gasteiger partial charge is 0.220 e. The minimum atomic E-state index is 0.278. The predicted molar refractivity (Wildman–Crippen MR) is 74.5 cm³/mol. The number of carbonyl (C=O) groups excluding carboxylic acids is 1. The maximum atomic E-state index is 11.7. The van der Waals surface area contributed by atoms with Crippen LogP contribution in [0.2, 0.25) is 0 Å². The zero-order chi connectivity index (χ0) is 12.6. The van der Waals surface area contributed by atoms with Gasteiger partial charge in [-0.25, -0.2) is 0 Å². The Morgan fingerprint density at radius 2 is 1.78 bits per heavy atom. The molecule has 0 radical (unpaired) electrons. The molecule has 104 valence electrons. The van der Waals surface area contributed by atoms with Gasteiger partial charge in [0.1, 0.15) is 0 Å². The normalized spacial score (nSPS) is 22.2. The fraction of sp³-hybridized carbons (Fsp3) is 0.933. The molecular weight excluding hydrogens is 224 g/mol. The Morgan fingerprint density at radius 1 is 1.06 bits per heavy atom. The Kier molecular flexibility index (Phi) is 5.98. The van der Waals surface area contributed by atoms with E-state index in [1.165, 1.54) is 58.0 Å². The largest absolute Gasteiger partial charge is 0.356 e. The van der Waals surface area contributed by atoms with Crippen LogP contribution in [0.25, 0.3) is 0 Å². The standard InChI is InChI=1S/C15H28N2O/c18-15(13-14-7-2-3-8-14)16-9-6-12-17-10-4-1-5-11-17/h14H,1-13H2,(H,16,18). The highest BCUT2D eigenvalue weighted by Gasteiger charge is 2.18. The van der Waals surface area contributed by atoms with Crippen LogP contribution in [0.5, 0.6) is 0 Å². The lowest BCUT2D eigenvalue weighted by atomic mass is 10.0.